The molecule has 4 rings (SSSR count). The molecule has 1 aromatic heterocycles. The maximum absolute atomic E-state index is 13.3. The van der Waals surface area contributed by atoms with E-state index >= 15 is 0 Å². The lowest BCUT2D eigenvalue weighted by Gasteiger charge is -2.36. The van der Waals surface area contributed by atoms with E-state index in [0.717, 1.165) is 35.4 Å². The fourth-order valence-corrected chi connectivity index (χ4v) is 4.14. The lowest BCUT2D eigenvalue weighted by atomic mass is 10.2. The van der Waals surface area contributed by atoms with E-state index in [1.807, 2.05) is 64.3 Å². The van der Waals surface area contributed by atoms with E-state index in [2.05, 4.69) is 16.0 Å². The van der Waals surface area contributed by atoms with Gasteiger partial charge in [0, 0.05) is 43.6 Å². The highest BCUT2D eigenvalue weighted by Crippen LogP contribution is 2.25. The van der Waals surface area contributed by atoms with E-state index < -0.39 is 0 Å². The van der Waals surface area contributed by atoms with Gasteiger partial charge >= 0.3 is 0 Å². The topological polar surface area (TPSA) is 50.6 Å². The predicted molar refractivity (Wildman–Crippen MR) is 116 cm³/mol. The highest BCUT2D eigenvalue weighted by molar-refractivity contribution is 7.98. The van der Waals surface area contributed by atoms with Crippen LogP contribution in [0.2, 0.25) is 0 Å². The molecular weight excluding hydrogens is 384 g/mol. The first-order valence-corrected chi connectivity index (χ1v) is 10.8. The zero-order valence-electron chi connectivity index (χ0n) is 16.6. The number of rotatable bonds is 5. The molecule has 6 nitrogen and oxygen atoms in total. The van der Waals surface area contributed by atoms with Crippen LogP contribution >= 0.6 is 11.8 Å². The van der Waals surface area contributed by atoms with Gasteiger partial charge in [-0.25, -0.2) is 4.98 Å². The lowest BCUT2D eigenvalue weighted by Crippen LogP contribution is -2.49. The van der Waals surface area contributed by atoms with Gasteiger partial charge in [-0.2, -0.15) is 0 Å². The molecule has 7 heteroatoms. The summed E-state index contributed by atoms with van der Waals surface area (Å²) in [5.74, 6) is 0.865. The summed E-state index contributed by atoms with van der Waals surface area (Å²) < 4.78 is 7.27. The fourth-order valence-electron chi connectivity index (χ4n) is 3.59. The molecule has 1 amide bonds. The van der Waals surface area contributed by atoms with Crippen LogP contribution in [0.4, 0.5) is 5.69 Å². The van der Waals surface area contributed by atoms with E-state index in [4.69, 9.17) is 4.74 Å². The summed E-state index contributed by atoms with van der Waals surface area (Å²) in [4.78, 5) is 21.9. The highest BCUT2D eigenvalue weighted by Gasteiger charge is 2.26. The second-order valence-corrected chi connectivity index (χ2v) is 7.56. The summed E-state index contributed by atoms with van der Waals surface area (Å²) in [5.41, 5.74) is 2.68. The largest absolute Gasteiger partial charge is 0.497 e. The minimum atomic E-state index is 0.0203. The van der Waals surface area contributed by atoms with Crippen molar-refractivity contribution in [2.45, 2.75) is 5.16 Å². The third-order valence-corrected chi connectivity index (χ3v) is 5.78. The number of nitrogens with zero attached hydrogens (tertiary/aromatic N) is 4. The first kappa shape index (κ1) is 19.4. The summed E-state index contributed by atoms with van der Waals surface area (Å²) >= 11 is 1.54. The SMILES string of the molecule is COc1cccc(N2CCN(C(=O)c3cnc(SC)n3-c3ccccc3)CC2)c1. The summed E-state index contributed by atoms with van der Waals surface area (Å²) in [6, 6.07) is 18.0. The molecule has 1 saturated heterocycles. The number of ether oxygens (including phenoxy) is 1. The standard InChI is InChI=1S/C22H24N4O2S/c1-28-19-10-6-9-18(15-19)24-11-13-25(14-12-24)21(27)20-16-23-22(29-2)26(20)17-7-4-3-5-8-17/h3-10,15-16H,11-14H2,1-2H3. The first-order chi connectivity index (χ1) is 14.2. The van der Waals surface area contributed by atoms with E-state index in [9.17, 15) is 4.79 Å². The molecule has 1 fully saturated rings. The van der Waals surface area contributed by atoms with Gasteiger partial charge in [0.15, 0.2) is 5.16 Å². The molecule has 0 N–H and O–H groups in total. The molecule has 0 bridgehead atoms. The molecule has 0 radical (unpaired) electrons. The van der Waals surface area contributed by atoms with Gasteiger partial charge in [0.2, 0.25) is 0 Å². The zero-order valence-corrected chi connectivity index (χ0v) is 17.4. The molecule has 150 valence electrons. The molecule has 0 atom stereocenters. The van der Waals surface area contributed by atoms with Crippen molar-refractivity contribution in [1.82, 2.24) is 14.5 Å². The number of anilines is 1. The lowest BCUT2D eigenvalue weighted by molar-refractivity contribution is 0.0738. The van der Waals surface area contributed by atoms with Crippen molar-refractivity contribution in [3.05, 3.63) is 66.5 Å². The Morgan fingerprint density at radius 3 is 2.41 bits per heavy atom. The quantitative estimate of drug-likeness (QED) is 0.604. The number of methoxy groups -OCH3 is 1. The Morgan fingerprint density at radius 2 is 1.72 bits per heavy atom. The third-order valence-electron chi connectivity index (χ3n) is 5.13. The molecule has 0 unspecified atom stereocenters. The van der Waals surface area contributed by atoms with Gasteiger partial charge < -0.3 is 14.5 Å². The van der Waals surface area contributed by atoms with Crippen LogP contribution in [0.1, 0.15) is 10.5 Å². The number of carbonyl (C=O) groups excluding carboxylic acids is 1. The number of carbonyl (C=O) groups is 1. The number of benzene rings is 2. The fraction of sp³-hybridized carbons (Fsp3) is 0.273. The summed E-state index contributed by atoms with van der Waals surface area (Å²) in [6.07, 6.45) is 3.67. The first-order valence-electron chi connectivity index (χ1n) is 9.56. The smallest absolute Gasteiger partial charge is 0.272 e. The molecule has 3 aromatic rings. The molecule has 2 aromatic carbocycles. The number of imidazole rings is 1. The molecule has 0 aliphatic carbocycles. The second kappa shape index (κ2) is 8.61. The van der Waals surface area contributed by atoms with Crippen molar-refractivity contribution in [1.29, 1.82) is 0 Å². The van der Waals surface area contributed by atoms with Crippen LogP contribution in [0, 0.1) is 0 Å². The van der Waals surface area contributed by atoms with Crippen LogP contribution < -0.4 is 9.64 Å². The predicted octanol–water partition coefficient (Wildman–Crippen LogP) is 3.57. The monoisotopic (exact) mass is 408 g/mol. The number of para-hydroxylation sites is 1. The van der Waals surface area contributed by atoms with Crippen LogP contribution in [0.3, 0.4) is 0 Å². The van der Waals surface area contributed by atoms with Crippen molar-refractivity contribution in [3.63, 3.8) is 0 Å². The molecule has 29 heavy (non-hydrogen) atoms. The van der Waals surface area contributed by atoms with Crippen molar-refractivity contribution in [2.24, 2.45) is 0 Å². The maximum atomic E-state index is 13.3. The molecule has 0 spiro atoms. The van der Waals surface area contributed by atoms with Gasteiger partial charge in [-0.1, -0.05) is 36.0 Å². The van der Waals surface area contributed by atoms with Gasteiger partial charge in [-0.05, 0) is 30.5 Å². The number of thioether (sulfide) groups is 1. The Bertz CT molecular complexity index is 981. The highest BCUT2D eigenvalue weighted by atomic mass is 32.2. The van der Waals surface area contributed by atoms with Gasteiger partial charge in [0.1, 0.15) is 11.4 Å². The number of hydrogen-bond donors (Lipinski definition) is 0. The minimum Gasteiger partial charge on any atom is -0.497 e. The van der Waals surface area contributed by atoms with Gasteiger partial charge in [-0.15, -0.1) is 0 Å². The molecule has 0 saturated carbocycles. The van der Waals surface area contributed by atoms with E-state index in [1.165, 1.54) is 11.8 Å². The van der Waals surface area contributed by atoms with Crippen LogP contribution in [0.25, 0.3) is 5.69 Å². The molecular formula is C22H24N4O2S. The average molecular weight is 409 g/mol. The molecule has 1 aliphatic rings. The van der Waals surface area contributed by atoms with Crippen molar-refractivity contribution < 1.29 is 9.53 Å². The van der Waals surface area contributed by atoms with Gasteiger partial charge in [0.05, 0.1) is 13.3 Å². The Kier molecular flexibility index (Phi) is 5.76. The van der Waals surface area contributed by atoms with Gasteiger partial charge in [-0.3, -0.25) is 9.36 Å². The number of hydrogen-bond acceptors (Lipinski definition) is 5. The number of amides is 1. The van der Waals surface area contributed by atoms with Crippen LogP contribution in [0.5, 0.6) is 5.75 Å². The summed E-state index contributed by atoms with van der Waals surface area (Å²) in [6.45, 7) is 2.91. The summed E-state index contributed by atoms with van der Waals surface area (Å²) in [5, 5.41) is 0.814. The normalized spacial score (nSPS) is 14.1. The number of aromatic nitrogens is 2. The van der Waals surface area contributed by atoms with E-state index in [1.54, 1.807) is 13.3 Å². The van der Waals surface area contributed by atoms with E-state index in [-0.39, 0.29) is 5.91 Å². The molecule has 2 heterocycles. The molecule has 1 aliphatic heterocycles. The van der Waals surface area contributed by atoms with Crippen LogP contribution in [0.15, 0.2) is 66.0 Å². The van der Waals surface area contributed by atoms with Crippen LogP contribution in [-0.2, 0) is 0 Å². The minimum absolute atomic E-state index is 0.0203. The van der Waals surface area contributed by atoms with Crippen molar-refractivity contribution in [3.8, 4) is 11.4 Å². The number of piperazine rings is 1. The Balaban J connectivity index is 1.51. The van der Waals surface area contributed by atoms with Crippen LogP contribution in [-0.4, -0.2) is 59.9 Å². The van der Waals surface area contributed by atoms with Gasteiger partial charge in [0.25, 0.3) is 5.91 Å². The maximum Gasteiger partial charge on any atom is 0.272 e. The Labute approximate surface area is 175 Å². The zero-order chi connectivity index (χ0) is 20.2. The third kappa shape index (κ3) is 3.96. The summed E-state index contributed by atoms with van der Waals surface area (Å²) in [7, 11) is 1.68. The van der Waals surface area contributed by atoms with E-state index in [0.29, 0.717) is 18.8 Å². The Morgan fingerprint density at radius 1 is 1.00 bits per heavy atom. The average Bonchev–Trinajstić information content (AvgIpc) is 3.23. The van der Waals surface area contributed by atoms with Crippen molar-refractivity contribution in [2.75, 3.05) is 44.4 Å². The second-order valence-electron chi connectivity index (χ2n) is 6.78. The Hall–Kier alpha value is -2.93. The van der Waals surface area contributed by atoms with Crippen molar-refractivity contribution >= 4 is 23.4 Å².